The standard InChI is InChI=1S/C18H20F3N5O/c1-17(9-7-11(8-10-17)14(22)25-27)16-24-23-15(26(16)2)12-5-3-4-6-13(12)18(19,20)21/h3-7,27H,8-10H2,1-2H3,(H2,22,25). The van der Waals surface area contributed by atoms with Crippen molar-refractivity contribution in [2.75, 3.05) is 0 Å². The van der Waals surface area contributed by atoms with Gasteiger partial charge in [0.1, 0.15) is 5.82 Å². The number of halogens is 3. The first kappa shape index (κ1) is 18.9. The van der Waals surface area contributed by atoms with Crippen LogP contribution in [-0.4, -0.2) is 25.8 Å². The van der Waals surface area contributed by atoms with Gasteiger partial charge in [0, 0.05) is 18.0 Å². The molecule has 144 valence electrons. The minimum absolute atomic E-state index is 0.00134. The molecule has 1 unspecified atom stereocenters. The lowest BCUT2D eigenvalue weighted by Crippen LogP contribution is -2.30. The summed E-state index contributed by atoms with van der Waals surface area (Å²) in [5.74, 6) is 0.851. The number of allylic oxidation sites excluding steroid dienone is 1. The number of benzene rings is 1. The first-order chi connectivity index (χ1) is 12.7. The summed E-state index contributed by atoms with van der Waals surface area (Å²) in [6.07, 6.45) is -0.812. The average Bonchev–Trinajstić information content (AvgIpc) is 3.03. The third-order valence-electron chi connectivity index (χ3n) is 5.07. The van der Waals surface area contributed by atoms with Crippen molar-refractivity contribution in [1.29, 1.82) is 0 Å². The summed E-state index contributed by atoms with van der Waals surface area (Å²) in [5.41, 5.74) is 5.23. The predicted octanol–water partition coefficient (Wildman–Crippen LogP) is 3.62. The summed E-state index contributed by atoms with van der Waals surface area (Å²) in [6.45, 7) is 1.98. The van der Waals surface area contributed by atoms with Crippen LogP contribution in [-0.2, 0) is 18.6 Å². The summed E-state index contributed by atoms with van der Waals surface area (Å²) in [4.78, 5) is 0. The minimum Gasteiger partial charge on any atom is -0.409 e. The molecule has 0 amide bonds. The van der Waals surface area contributed by atoms with Gasteiger partial charge in [-0.05, 0) is 30.9 Å². The molecule has 1 atom stereocenters. The molecule has 0 radical (unpaired) electrons. The predicted molar refractivity (Wildman–Crippen MR) is 94.1 cm³/mol. The van der Waals surface area contributed by atoms with Gasteiger partial charge in [0.05, 0.1) is 5.56 Å². The fourth-order valence-corrected chi connectivity index (χ4v) is 3.48. The van der Waals surface area contributed by atoms with Crippen LogP contribution in [0.15, 0.2) is 41.1 Å². The Hall–Kier alpha value is -2.84. The van der Waals surface area contributed by atoms with E-state index in [0.29, 0.717) is 25.1 Å². The van der Waals surface area contributed by atoms with Crippen LogP contribution in [0, 0.1) is 0 Å². The fourth-order valence-electron chi connectivity index (χ4n) is 3.48. The molecule has 1 aromatic carbocycles. The molecule has 27 heavy (non-hydrogen) atoms. The van der Waals surface area contributed by atoms with Gasteiger partial charge >= 0.3 is 6.18 Å². The highest BCUT2D eigenvalue weighted by Crippen LogP contribution is 2.40. The van der Waals surface area contributed by atoms with E-state index in [1.54, 1.807) is 17.7 Å². The van der Waals surface area contributed by atoms with Crippen LogP contribution >= 0.6 is 0 Å². The monoisotopic (exact) mass is 379 g/mol. The number of rotatable bonds is 3. The largest absolute Gasteiger partial charge is 0.417 e. The van der Waals surface area contributed by atoms with Crippen molar-refractivity contribution in [3.8, 4) is 11.4 Å². The molecule has 3 N–H and O–H groups in total. The maximum absolute atomic E-state index is 13.3. The van der Waals surface area contributed by atoms with E-state index in [1.165, 1.54) is 12.1 Å². The van der Waals surface area contributed by atoms with Gasteiger partial charge < -0.3 is 15.5 Å². The summed E-state index contributed by atoms with van der Waals surface area (Å²) in [6, 6.07) is 5.34. The van der Waals surface area contributed by atoms with Crippen molar-refractivity contribution in [2.45, 2.75) is 37.8 Å². The highest BCUT2D eigenvalue weighted by molar-refractivity contribution is 5.96. The Bertz CT molecular complexity index is 916. The summed E-state index contributed by atoms with van der Waals surface area (Å²) in [7, 11) is 1.67. The van der Waals surface area contributed by atoms with Crippen LogP contribution in [0.1, 0.15) is 37.6 Å². The Morgan fingerprint density at radius 1 is 1.30 bits per heavy atom. The average molecular weight is 379 g/mol. The first-order valence-corrected chi connectivity index (χ1v) is 8.41. The van der Waals surface area contributed by atoms with Crippen LogP contribution in [0.4, 0.5) is 13.2 Å². The van der Waals surface area contributed by atoms with Crippen molar-refractivity contribution in [3.05, 3.63) is 47.3 Å². The number of oxime groups is 1. The second kappa shape index (κ2) is 6.71. The highest BCUT2D eigenvalue weighted by atomic mass is 19.4. The van der Waals surface area contributed by atoms with Gasteiger partial charge in [-0.1, -0.05) is 36.4 Å². The van der Waals surface area contributed by atoms with Gasteiger partial charge in [-0.2, -0.15) is 13.2 Å². The molecule has 0 aliphatic heterocycles. The molecule has 3 rings (SSSR count). The van der Waals surface area contributed by atoms with Gasteiger partial charge in [0.25, 0.3) is 0 Å². The Morgan fingerprint density at radius 2 is 2.00 bits per heavy atom. The lowest BCUT2D eigenvalue weighted by Gasteiger charge is -2.31. The number of alkyl halides is 3. The molecule has 0 saturated heterocycles. The van der Waals surface area contributed by atoms with Crippen LogP contribution in [0.25, 0.3) is 11.4 Å². The van der Waals surface area contributed by atoms with E-state index in [1.807, 2.05) is 13.0 Å². The van der Waals surface area contributed by atoms with Crippen LogP contribution in [0.5, 0.6) is 0 Å². The fraction of sp³-hybridized carbons (Fsp3) is 0.389. The molecule has 1 aliphatic carbocycles. The molecular weight excluding hydrogens is 359 g/mol. The molecule has 0 spiro atoms. The topological polar surface area (TPSA) is 89.3 Å². The third kappa shape index (κ3) is 3.41. The SMILES string of the molecule is Cn1c(-c2ccccc2C(F)(F)F)nnc1C1(C)CC=C(/C(N)=N\O)CC1. The van der Waals surface area contributed by atoms with Crippen molar-refractivity contribution in [3.63, 3.8) is 0 Å². The maximum atomic E-state index is 13.3. The van der Waals surface area contributed by atoms with Crippen molar-refractivity contribution in [1.82, 2.24) is 14.8 Å². The van der Waals surface area contributed by atoms with Gasteiger partial charge in [0.2, 0.25) is 0 Å². The summed E-state index contributed by atoms with van der Waals surface area (Å²) >= 11 is 0. The van der Waals surface area contributed by atoms with Gasteiger partial charge in [-0.3, -0.25) is 0 Å². The Morgan fingerprint density at radius 3 is 2.59 bits per heavy atom. The number of hydrogen-bond acceptors (Lipinski definition) is 4. The second-order valence-corrected chi connectivity index (χ2v) is 6.93. The summed E-state index contributed by atoms with van der Waals surface area (Å²) in [5, 5.41) is 20.1. The maximum Gasteiger partial charge on any atom is 0.417 e. The number of nitrogens with two attached hydrogens (primary N) is 1. The molecule has 1 heterocycles. The molecule has 6 nitrogen and oxygen atoms in total. The van der Waals surface area contributed by atoms with Crippen molar-refractivity contribution in [2.24, 2.45) is 17.9 Å². The molecule has 9 heteroatoms. The number of amidine groups is 1. The van der Waals surface area contributed by atoms with E-state index >= 15 is 0 Å². The lowest BCUT2D eigenvalue weighted by atomic mass is 9.75. The van der Waals surface area contributed by atoms with Gasteiger partial charge in [-0.15, -0.1) is 10.2 Å². The molecular formula is C18H20F3N5O. The zero-order chi connectivity index (χ0) is 19.8. The van der Waals surface area contributed by atoms with E-state index < -0.39 is 17.2 Å². The first-order valence-electron chi connectivity index (χ1n) is 8.41. The van der Waals surface area contributed by atoms with Gasteiger partial charge in [-0.25, -0.2) is 0 Å². The zero-order valence-corrected chi connectivity index (χ0v) is 15.0. The number of nitrogens with zero attached hydrogens (tertiary/aromatic N) is 4. The Kier molecular flexibility index (Phi) is 4.71. The molecule has 0 saturated carbocycles. The lowest BCUT2D eigenvalue weighted by molar-refractivity contribution is -0.137. The molecule has 0 bridgehead atoms. The minimum atomic E-state index is -4.48. The van der Waals surface area contributed by atoms with Crippen molar-refractivity contribution >= 4 is 5.84 Å². The van der Waals surface area contributed by atoms with E-state index in [0.717, 1.165) is 11.6 Å². The quantitative estimate of drug-likeness (QED) is 0.369. The second-order valence-electron chi connectivity index (χ2n) is 6.93. The zero-order valence-electron chi connectivity index (χ0n) is 15.0. The van der Waals surface area contributed by atoms with Crippen LogP contribution in [0.3, 0.4) is 0 Å². The molecule has 0 fully saturated rings. The molecule has 2 aromatic rings. The van der Waals surface area contributed by atoms with Crippen LogP contribution < -0.4 is 5.73 Å². The Balaban J connectivity index is 2.00. The number of hydrogen-bond donors (Lipinski definition) is 2. The Labute approximate surface area is 154 Å². The van der Waals surface area contributed by atoms with E-state index in [-0.39, 0.29) is 17.2 Å². The van der Waals surface area contributed by atoms with Gasteiger partial charge in [0.15, 0.2) is 11.7 Å². The van der Waals surface area contributed by atoms with E-state index in [9.17, 15) is 13.2 Å². The highest BCUT2D eigenvalue weighted by Gasteiger charge is 2.37. The molecule has 1 aromatic heterocycles. The van der Waals surface area contributed by atoms with E-state index in [4.69, 9.17) is 10.9 Å². The van der Waals surface area contributed by atoms with E-state index in [2.05, 4.69) is 15.4 Å². The third-order valence-corrected chi connectivity index (χ3v) is 5.07. The molecule has 1 aliphatic rings. The summed E-state index contributed by atoms with van der Waals surface area (Å²) < 4.78 is 41.7. The van der Waals surface area contributed by atoms with Crippen LogP contribution in [0.2, 0.25) is 0 Å². The normalized spacial score (nSPS) is 21.2. The smallest absolute Gasteiger partial charge is 0.409 e. The number of aromatic nitrogens is 3. The van der Waals surface area contributed by atoms with Crippen molar-refractivity contribution < 1.29 is 18.4 Å².